The Morgan fingerprint density at radius 1 is 0.500 bits per heavy atom. The maximum Gasteiger partial charge on any atom is 0.206 e. The molecule has 0 amide bonds. The van der Waals surface area contributed by atoms with Gasteiger partial charge >= 0.3 is 0 Å². The summed E-state index contributed by atoms with van der Waals surface area (Å²) in [4.78, 5) is 53.8. The molecule has 2 aromatic carbocycles. The number of aromatic nitrogens is 2. The largest absolute Gasteiger partial charge is 0.287 e. The number of hydrogen-bond acceptors (Lipinski definition) is 6. The van der Waals surface area contributed by atoms with E-state index in [0.717, 1.165) is 24.3 Å². The van der Waals surface area contributed by atoms with Gasteiger partial charge in [-0.3, -0.25) is 19.2 Å². The number of fused-ring (bicyclic) bond motifs is 2. The average Bonchev–Trinajstić information content (AvgIpc) is 2.37. The number of nitrogens with zero attached hydrogens (tertiary/aromatic N) is 2. The first-order chi connectivity index (χ1) is 8.58. The molecule has 0 radical (unpaired) electrons. The molecule has 0 N–H and O–H groups in total. The second-order valence-corrected chi connectivity index (χ2v) is 3.74. The molecule has 0 aliphatic carbocycles. The molecule has 0 unspecified atom stereocenters. The molecule has 0 aliphatic rings. The van der Waals surface area contributed by atoms with Gasteiger partial charge in [0.15, 0.2) is 0 Å². The van der Waals surface area contributed by atoms with E-state index in [1.54, 1.807) is 0 Å². The zero-order valence-corrected chi connectivity index (χ0v) is 8.84. The minimum Gasteiger partial charge on any atom is -0.287 e. The van der Waals surface area contributed by atoms with E-state index in [1.165, 1.54) is 0 Å². The maximum atomic E-state index is 11.5. The van der Waals surface area contributed by atoms with E-state index >= 15 is 0 Å². The van der Waals surface area contributed by atoms with Crippen LogP contribution < -0.4 is 21.7 Å². The minimum atomic E-state index is -0.505. The fourth-order valence-electron chi connectivity index (χ4n) is 1.74. The molecule has 1 aromatic heterocycles. The van der Waals surface area contributed by atoms with Crippen LogP contribution >= 0.6 is 0 Å². The highest BCUT2D eigenvalue weighted by molar-refractivity contribution is 5.85. The van der Waals surface area contributed by atoms with E-state index < -0.39 is 21.7 Å². The van der Waals surface area contributed by atoms with Gasteiger partial charge in [0.05, 0.1) is 0 Å². The fourth-order valence-corrected chi connectivity index (χ4v) is 1.74. The predicted molar refractivity (Wildman–Crippen MR) is 64.5 cm³/mol. The van der Waals surface area contributed by atoms with Gasteiger partial charge in [-0.25, -0.2) is 9.97 Å². The van der Waals surface area contributed by atoms with Crippen molar-refractivity contribution in [1.82, 2.24) is 9.97 Å². The zero-order chi connectivity index (χ0) is 12.9. The van der Waals surface area contributed by atoms with Crippen LogP contribution in [0.2, 0.25) is 0 Å². The summed E-state index contributed by atoms with van der Waals surface area (Å²) in [7, 11) is 0. The van der Waals surface area contributed by atoms with Crippen molar-refractivity contribution in [1.29, 1.82) is 0 Å². The second kappa shape index (κ2) is 3.36. The van der Waals surface area contributed by atoms with E-state index in [2.05, 4.69) is 9.97 Å². The Labute approximate surface area is 97.9 Å². The van der Waals surface area contributed by atoms with Gasteiger partial charge in [-0.2, -0.15) is 0 Å². The summed E-state index contributed by atoms with van der Waals surface area (Å²) < 4.78 is 0. The highest BCUT2D eigenvalue weighted by Crippen LogP contribution is 2.03. The van der Waals surface area contributed by atoms with Gasteiger partial charge in [0.1, 0.15) is 22.1 Å². The summed E-state index contributed by atoms with van der Waals surface area (Å²) in [6.45, 7) is 0. The lowest BCUT2D eigenvalue weighted by Crippen LogP contribution is -2.18. The Morgan fingerprint density at radius 3 is 0.944 bits per heavy atom. The van der Waals surface area contributed by atoms with Crippen LogP contribution in [0.4, 0.5) is 0 Å². The molecule has 0 saturated carbocycles. The van der Waals surface area contributed by atoms with Crippen LogP contribution in [0.1, 0.15) is 0 Å². The monoisotopic (exact) mass is 240 g/mol. The van der Waals surface area contributed by atoms with Gasteiger partial charge in [-0.1, -0.05) is 0 Å². The second-order valence-electron chi connectivity index (χ2n) is 3.74. The summed E-state index contributed by atoms with van der Waals surface area (Å²) >= 11 is 0. The summed E-state index contributed by atoms with van der Waals surface area (Å²) in [5, 5.41) is 0. The van der Waals surface area contributed by atoms with Crippen molar-refractivity contribution in [2.24, 2.45) is 0 Å². The average molecular weight is 240 g/mol. The Morgan fingerprint density at radius 2 is 0.722 bits per heavy atom. The molecule has 86 valence electrons. The van der Waals surface area contributed by atoms with E-state index in [-0.39, 0.29) is 22.1 Å². The van der Waals surface area contributed by atoms with E-state index in [1.807, 2.05) is 0 Å². The lowest BCUT2D eigenvalue weighted by molar-refractivity contribution is 1.33. The van der Waals surface area contributed by atoms with Crippen LogP contribution in [0.3, 0.4) is 0 Å². The Bertz CT molecular complexity index is 840. The van der Waals surface area contributed by atoms with Gasteiger partial charge in [-0.15, -0.1) is 0 Å². The van der Waals surface area contributed by atoms with Gasteiger partial charge in [0.25, 0.3) is 0 Å². The first-order valence-electron chi connectivity index (χ1n) is 5.03. The zero-order valence-electron chi connectivity index (χ0n) is 8.84. The van der Waals surface area contributed by atoms with Crippen molar-refractivity contribution in [3.63, 3.8) is 0 Å². The molecule has 0 aliphatic heterocycles. The smallest absolute Gasteiger partial charge is 0.206 e. The molecular formula is C12H4N2O4. The Hall–Kier alpha value is -2.76. The van der Waals surface area contributed by atoms with Crippen LogP contribution in [-0.4, -0.2) is 9.97 Å². The molecule has 18 heavy (non-hydrogen) atoms. The van der Waals surface area contributed by atoms with E-state index in [4.69, 9.17) is 0 Å². The molecule has 6 nitrogen and oxygen atoms in total. The molecule has 6 heteroatoms. The van der Waals surface area contributed by atoms with Crippen molar-refractivity contribution >= 4 is 22.1 Å². The van der Waals surface area contributed by atoms with Crippen molar-refractivity contribution in [2.75, 3.05) is 0 Å². The van der Waals surface area contributed by atoms with Crippen molar-refractivity contribution in [3.8, 4) is 0 Å². The Balaban J connectivity index is 2.78. The van der Waals surface area contributed by atoms with Crippen LogP contribution in [0.5, 0.6) is 0 Å². The molecule has 0 bridgehead atoms. The van der Waals surface area contributed by atoms with Crippen molar-refractivity contribution in [3.05, 3.63) is 65.2 Å². The molecule has 1 heterocycles. The standard InChI is InChI=1S/C12H4N2O4/c15-5-1-2-6(16)10-9(5)13-11-7(17)3-4-8(18)12(11)14-10/h1-4H. The molecule has 0 saturated heterocycles. The van der Waals surface area contributed by atoms with Gasteiger partial charge < -0.3 is 0 Å². The minimum absolute atomic E-state index is 0.183. The molecule has 3 aromatic rings. The summed E-state index contributed by atoms with van der Waals surface area (Å²) in [5.74, 6) is 0. The molecule has 3 rings (SSSR count). The highest BCUT2D eigenvalue weighted by atomic mass is 16.1. The van der Waals surface area contributed by atoms with Crippen molar-refractivity contribution in [2.45, 2.75) is 0 Å². The number of hydrogen-bond donors (Lipinski definition) is 0. The summed E-state index contributed by atoms with van der Waals surface area (Å²) in [6.07, 6.45) is 0. The highest BCUT2D eigenvalue weighted by Gasteiger charge is 2.11. The summed E-state index contributed by atoms with van der Waals surface area (Å²) in [5.41, 5.74) is -2.75. The fraction of sp³-hybridized carbons (Fsp3) is 0. The van der Waals surface area contributed by atoms with Crippen LogP contribution in [-0.2, 0) is 0 Å². The lowest BCUT2D eigenvalue weighted by Gasteiger charge is -1.96. The predicted octanol–water partition coefficient (Wildman–Crippen LogP) is -0.901. The van der Waals surface area contributed by atoms with E-state index in [9.17, 15) is 19.2 Å². The van der Waals surface area contributed by atoms with Crippen LogP contribution in [0.15, 0.2) is 43.4 Å². The quantitative estimate of drug-likeness (QED) is 0.472. The van der Waals surface area contributed by atoms with Crippen LogP contribution in [0, 0.1) is 0 Å². The van der Waals surface area contributed by atoms with Gasteiger partial charge in [0, 0.05) is 0 Å². The first-order valence-corrected chi connectivity index (χ1v) is 5.03. The normalized spacial score (nSPS) is 11.1. The SMILES string of the molecule is O=c1ccc(=O)c2nc3c(=O)ccc(=O)c3nc12. The molecule has 0 atom stereocenters. The van der Waals surface area contributed by atoms with Crippen LogP contribution in [0.25, 0.3) is 22.1 Å². The first kappa shape index (κ1) is 10.4. The van der Waals surface area contributed by atoms with Gasteiger partial charge in [0.2, 0.25) is 21.7 Å². The number of rotatable bonds is 0. The van der Waals surface area contributed by atoms with E-state index in [0.29, 0.717) is 0 Å². The molecule has 0 fully saturated rings. The third-order valence-electron chi connectivity index (χ3n) is 2.60. The summed E-state index contributed by atoms with van der Waals surface area (Å²) in [6, 6.07) is 4.26. The molecule has 0 spiro atoms. The van der Waals surface area contributed by atoms with Crippen molar-refractivity contribution < 1.29 is 0 Å². The third-order valence-corrected chi connectivity index (χ3v) is 2.60. The Kier molecular flexibility index (Phi) is 1.94. The topological polar surface area (TPSA) is 94.1 Å². The maximum absolute atomic E-state index is 11.5. The third kappa shape index (κ3) is 1.29. The van der Waals surface area contributed by atoms with Gasteiger partial charge in [-0.05, 0) is 24.3 Å². The molecular weight excluding hydrogens is 236 g/mol. The number of benzene rings is 2. The lowest BCUT2D eigenvalue weighted by atomic mass is 10.2.